The number of nitrogens with two attached hydrogens (primary N) is 1. The summed E-state index contributed by atoms with van der Waals surface area (Å²) in [7, 11) is 0. The van der Waals surface area contributed by atoms with Crippen LogP contribution in [-0.2, 0) is 20.4 Å². The summed E-state index contributed by atoms with van der Waals surface area (Å²) in [6, 6.07) is 19.3. The third-order valence-corrected chi connectivity index (χ3v) is 8.01. The quantitative estimate of drug-likeness (QED) is 0.585. The Morgan fingerprint density at radius 2 is 1.46 bits per heavy atom. The van der Waals surface area contributed by atoms with E-state index in [0.29, 0.717) is 5.92 Å². The molecule has 6 nitrogen and oxygen atoms in total. The first-order valence-corrected chi connectivity index (χ1v) is 12.2. The molecule has 1 aliphatic heterocycles. The van der Waals surface area contributed by atoms with Gasteiger partial charge in [0.1, 0.15) is 0 Å². The average molecular weight is 476 g/mol. The van der Waals surface area contributed by atoms with Crippen molar-refractivity contribution < 1.29 is 14.7 Å². The Morgan fingerprint density at radius 1 is 0.971 bits per heavy atom. The molecule has 0 radical (unpaired) electrons. The number of piperidine rings is 1. The van der Waals surface area contributed by atoms with Crippen LogP contribution in [-0.4, -0.2) is 40.1 Å². The lowest BCUT2D eigenvalue weighted by molar-refractivity contribution is -0.143. The summed E-state index contributed by atoms with van der Waals surface area (Å²) in [4.78, 5) is 29.1. The molecule has 0 bridgehead atoms. The standard InChI is InChI=1S/C17H21N3O.C12H16O2/c1-17(2,12-7-5-4-6-8-12)15(18)16(21)20-13-9-11(13)10-14(20)19-3;1-9(11(13)14)12(2,3)10-7-5-4-6-8-10/h4-8,11,13-15H,9-10,18H2,1-2H3;4-9H,1-3H3,(H,13,14)/t11-,13-,14?,15+;/m0./s1. The lowest BCUT2D eigenvalue weighted by Gasteiger charge is -2.34. The third kappa shape index (κ3) is 5.41. The van der Waals surface area contributed by atoms with Crippen molar-refractivity contribution >= 4 is 11.9 Å². The molecule has 2 aromatic carbocycles. The second-order valence-corrected chi connectivity index (χ2v) is 10.9. The van der Waals surface area contributed by atoms with Gasteiger partial charge in [0.2, 0.25) is 5.91 Å². The zero-order chi connectivity index (χ0) is 26.0. The molecule has 0 aromatic heterocycles. The summed E-state index contributed by atoms with van der Waals surface area (Å²) in [6.45, 7) is 16.9. The lowest BCUT2D eigenvalue weighted by atomic mass is 9.74. The molecule has 3 N–H and O–H groups in total. The number of carboxylic acids is 1. The molecule has 2 unspecified atom stereocenters. The number of carbonyl (C=O) groups excluding carboxylic acids is 1. The van der Waals surface area contributed by atoms with Gasteiger partial charge < -0.3 is 10.8 Å². The van der Waals surface area contributed by atoms with E-state index in [0.717, 1.165) is 24.0 Å². The molecule has 1 heterocycles. The van der Waals surface area contributed by atoms with Crippen LogP contribution in [0.5, 0.6) is 0 Å². The Morgan fingerprint density at radius 3 is 1.91 bits per heavy atom. The molecule has 1 amide bonds. The molecular weight excluding hydrogens is 438 g/mol. The molecule has 2 fully saturated rings. The van der Waals surface area contributed by atoms with E-state index in [9.17, 15) is 9.59 Å². The lowest BCUT2D eigenvalue weighted by Crippen LogP contribution is -2.54. The molecule has 1 aliphatic carbocycles. The van der Waals surface area contributed by atoms with Crippen molar-refractivity contribution in [2.24, 2.45) is 17.6 Å². The van der Waals surface area contributed by atoms with Gasteiger partial charge in [-0.1, -0.05) is 95.3 Å². The minimum atomic E-state index is -0.751. The van der Waals surface area contributed by atoms with Crippen molar-refractivity contribution in [2.75, 3.05) is 0 Å². The molecule has 2 aromatic rings. The van der Waals surface area contributed by atoms with E-state index in [1.165, 1.54) is 0 Å². The van der Waals surface area contributed by atoms with Crippen molar-refractivity contribution in [1.82, 2.24) is 4.90 Å². The zero-order valence-electron chi connectivity index (χ0n) is 21.3. The largest absolute Gasteiger partial charge is 0.481 e. The Balaban J connectivity index is 0.000000214. The first kappa shape index (κ1) is 26.4. The Hall–Kier alpha value is -3.17. The fourth-order valence-electron chi connectivity index (χ4n) is 4.80. The van der Waals surface area contributed by atoms with E-state index in [2.05, 4.69) is 4.85 Å². The first-order valence-electron chi connectivity index (χ1n) is 12.2. The topological polar surface area (TPSA) is 88.0 Å². The van der Waals surface area contributed by atoms with Gasteiger partial charge in [-0.3, -0.25) is 19.3 Å². The summed E-state index contributed by atoms with van der Waals surface area (Å²) in [6.07, 6.45) is 1.55. The highest BCUT2D eigenvalue weighted by molar-refractivity contribution is 5.85. The third-order valence-electron chi connectivity index (χ3n) is 8.01. The number of aliphatic carboxylic acids is 1. The molecule has 2 aliphatic rings. The first-order chi connectivity index (χ1) is 16.4. The summed E-state index contributed by atoms with van der Waals surface area (Å²) in [5, 5.41) is 8.98. The van der Waals surface area contributed by atoms with Gasteiger partial charge in [0.25, 0.3) is 0 Å². The number of benzene rings is 2. The van der Waals surface area contributed by atoms with E-state index in [1.54, 1.807) is 11.8 Å². The minimum Gasteiger partial charge on any atom is -0.481 e. The number of carbonyl (C=O) groups is 2. The second kappa shape index (κ2) is 10.2. The number of fused-ring (bicyclic) bond motifs is 1. The molecule has 5 atom stereocenters. The van der Waals surface area contributed by atoms with Crippen molar-refractivity contribution in [3.05, 3.63) is 83.2 Å². The van der Waals surface area contributed by atoms with Crippen molar-refractivity contribution in [3.8, 4) is 0 Å². The molecule has 186 valence electrons. The Labute approximate surface area is 209 Å². The number of rotatable bonds is 6. The fraction of sp³-hybridized carbons (Fsp3) is 0.483. The maximum absolute atomic E-state index is 12.8. The molecule has 6 heteroatoms. The van der Waals surface area contributed by atoms with Gasteiger partial charge in [-0.25, -0.2) is 6.57 Å². The average Bonchev–Trinajstić information content (AvgIpc) is 3.53. The number of likely N-dealkylation sites (tertiary alicyclic amines) is 1. The Bertz CT molecular complexity index is 1080. The van der Waals surface area contributed by atoms with Crippen LogP contribution in [0.2, 0.25) is 0 Å². The van der Waals surface area contributed by atoms with Crippen LogP contribution in [0, 0.1) is 18.4 Å². The van der Waals surface area contributed by atoms with Crippen LogP contribution < -0.4 is 5.73 Å². The summed E-state index contributed by atoms with van der Waals surface area (Å²) in [5.74, 6) is -0.682. The van der Waals surface area contributed by atoms with E-state index in [4.69, 9.17) is 17.4 Å². The van der Waals surface area contributed by atoms with Crippen LogP contribution in [0.1, 0.15) is 58.6 Å². The highest BCUT2D eigenvalue weighted by Gasteiger charge is 2.58. The van der Waals surface area contributed by atoms with Gasteiger partial charge in [0, 0.05) is 23.3 Å². The van der Waals surface area contributed by atoms with Gasteiger partial charge >= 0.3 is 12.1 Å². The SMILES string of the molecule is CC(C(=O)O)C(C)(C)c1ccccc1.[C-]#[N+]C1C[C@@H]2C[C@@H]2N1C(=O)[C@@H](N)C(C)(C)c1ccccc1. The zero-order valence-corrected chi connectivity index (χ0v) is 21.3. The van der Waals surface area contributed by atoms with Gasteiger partial charge in [0.05, 0.1) is 12.0 Å². The minimum absolute atomic E-state index is 0.0742. The van der Waals surface area contributed by atoms with Gasteiger partial charge in [-0.2, -0.15) is 0 Å². The Kier molecular flexibility index (Phi) is 7.71. The monoisotopic (exact) mass is 475 g/mol. The van der Waals surface area contributed by atoms with Gasteiger partial charge in [0.15, 0.2) is 0 Å². The summed E-state index contributed by atoms with van der Waals surface area (Å²) < 4.78 is 0. The molecule has 0 spiro atoms. The van der Waals surface area contributed by atoms with Crippen LogP contribution >= 0.6 is 0 Å². The highest BCUT2D eigenvalue weighted by atomic mass is 16.4. The number of amides is 1. The van der Waals surface area contributed by atoms with Crippen molar-refractivity contribution in [2.45, 2.75) is 76.5 Å². The summed E-state index contributed by atoms with van der Waals surface area (Å²) >= 11 is 0. The van der Waals surface area contributed by atoms with E-state index < -0.39 is 17.4 Å². The number of hydrogen-bond donors (Lipinski definition) is 2. The van der Waals surface area contributed by atoms with Gasteiger partial charge in [-0.15, -0.1) is 0 Å². The molecule has 1 saturated carbocycles. The van der Waals surface area contributed by atoms with Gasteiger partial charge in [-0.05, 0) is 23.5 Å². The van der Waals surface area contributed by atoms with Crippen molar-refractivity contribution in [1.29, 1.82) is 0 Å². The van der Waals surface area contributed by atoms with Crippen LogP contribution in [0.3, 0.4) is 0 Å². The number of nitrogens with zero attached hydrogens (tertiary/aromatic N) is 2. The predicted octanol–water partition coefficient (Wildman–Crippen LogP) is 4.84. The number of carboxylic acid groups (broad SMARTS) is 1. The molecule has 4 rings (SSSR count). The normalized spacial score (nSPS) is 22.7. The fourth-order valence-corrected chi connectivity index (χ4v) is 4.80. The van der Waals surface area contributed by atoms with Crippen LogP contribution in [0.15, 0.2) is 60.7 Å². The van der Waals surface area contributed by atoms with Crippen LogP contribution in [0.25, 0.3) is 4.85 Å². The smallest absolute Gasteiger partial charge is 0.307 e. The highest BCUT2D eigenvalue weighted by Crippen LogP contribution is 2.48. The van der Waals surface area contributed by atoms with E-state index in [1.807, 2.05) is 88.4 Å². The number of hydrogen-bond acceptors (Lipinski definition) is 3. The molecule has 35 heavy (non-hydrogen) atoms. The van der Waals surface area contributed by atoms with Crippen LogP contribution in [0.4, 0.5) is 0 Å². The molecular formula is C29H37N3O3. The molecule has 1 saturated heterocycles. The second-order valence-electron chi connectivity index (χ2n) is 10.9. The summed E-state index contributed by atoms with van der Waals surface area (Å²) in [5.41, 5.74) is 7.65. The van der Waals surface area contributed by atoms with E-state index in [-0.39, 0.29) is 29.4 Å². The van der Waals surface area contributed by atoms with E-state index >= 15 is 0 Å². The predicted molar refractivity (Wildman–Crippen MR) is 137 cm³/mol. The van der Waals surface area contributed by atoms with Crippen molar-refractivity contribution in [3.63, 3.8) is 0 Å². The maximum Gasteiger partial charge on any atom is 0.307 e. The maximum atomic E-state index is 12.8.